The number of carbonyl (C=O) groups is 1. The minimum Gasteiger partial charge on any atom is -0.478 e. The molecule has 0 spiro atoms. The summed E-state index contributed by atoms with van der Waals surface area (Å²) < 4.78 is 0. The van der Waals surface area contributed by atoms with Crippen molar-refractivity contribution in [2.75, 3.05) is 0 Å². The smallest absolute Gasteiger partial charge is 0.329 e. The molecule has 14 heavy (non-hydrogen) atoms. The SMILES string of the molecule is C=Cc1ccccc1/C(Cl)=C/C(=O)O. The second-order valence-electron chi connectivity index (χ2n) is 2.62. The first kappa shape index (κ1) is 10.5. The Bertz CT molecular complexity index is 394. The normalized spacial score (nSPS) is 11.1. The largest absolute Gasteiger partial charge is 0.478 e. The molecule has 72 valence electrons. The van der Waals surface area contributed by atoms with Gasteiger partial charge >= 0.3 is 5.97 Å². The molecule has 0 fully saturated rings. The predicted molar refractivity (Wildman–Crippen MR) is 58.0 cm³/mol. The van der Waals surface area contributed by atoms with Crippen LogP contribution in [-0.4, -0.2) is 11.1 Å². The summed E-state index contributed by atoms with van der Waals surface area (Å²) in [6.07, 6.45) is 2.59. The van der Waals surface area contributed by atoms with Crippen LogP contribution in [0.25, 0.3) is 11.1 Å². The molecule has 0 saturated carbocycles. The maximum atomic E-state index is 10.4. The van der Waals surface area contributed by atoms with Gasteiger partial charge in [-0.1, -0.05) is 48.5 Å². The number of aliphatic carboxylic acids is 1. The van der Waals surface area contributed by atoms with Crippen molar-refractivity contribution in [3.05, 3.63) is 48.0 Å². The molecule has 0 aromatic heterocycles. The lowest BCUT2D eigenvalue weighted by atomic mass is 10.1. The van der Waals surface area contributed by atoms with Gasteiger partial charge in [0.1, 0.15) is 0 Å². The van der Waals surface area contributed by atoms with Crippen molar-refractivity contribution in [1.82, 2.24) is 0 Å². The third-order valence-corrected chi connectivity index (χ3v) is 2.00. The van der Waals surface area contributed by atoms with Crippen molar-refractivity contribution >= 4 is 28.7 Å². The van der Waals surface area contributed by atoms with E-state index in [-0.39, 0.29) is 5.03 Å². The molecule has 0 aliphatic heterocycles. The first-order chi connectivity index (χ1) is 6.65. The third-order valence-electron chi connectivity index (χ3n) is 1.69. The van der Waals surface area contributed by atoms with E-state index in [1.165, 1.54) is 0 Å². The average molecular weight is 209 g/mol. The topological polar surface area (TPSA) is 37.3 Å². The molecular weight excluding hydrogens is 200 g/mol. The molecule has 1 N–H and O–H groups in total. The average Bonchev–Trinajstić information content (AvgIpc) is 2.16. The Balaban J connectivity index is 3.18. The van der Waals surface area contributed by atoms with E-state index in [2.05, 4.69) is 6.58 Å². The third kappa shape index (κ3) is 2.47. The van der Waals surface area contributed by atoms with Gasteiger partial charge in [-0.05, 0) is 5.56 Å². The summed E-state index contributed by atoms with van der Waals surface area (Å²) in [6.45, 7) is 3.62. The van der Waals surface area contributed by atoms with Gasteiger partial charge in [0.25, 0.3) is 0 Å². The van der Waals surface area contributed by atoms with Gasteiger partial charge in [-0.25, -0.2) is 4.79 Å². The molecule has 0 bridgehead atoms. The minimum atomic E-state index is -1.06. The van der Waals surface area contributed by atoms with Crippen LogP contribution in [0.5, 0.6) is 0 Å². The highest BCUT2D eigenvalue weighted by Crippen LogP contribution is 2.23. The van der Waals surface area contributed by atoms with Crippen LogP contribution in [0.3, 0.4) is 0 Å². The molecule has 0 aliphatic carbocycles. The number of benzene rings is 1. The number of halogens is 1. The fourth-order valence-electron chi connectivity index (χ4n) is 1.08. The lowest BCUT2D eigenvalue weighted by Gasteiger charge is -2.02. The molecule has 0 atom stereocenters. The van der Waals surface area contributed by atoms with Gasteiger partial charge in [0, 0.05) is 11.6 Å². The summed E-state index contributed by atoms with van der Waals surface area (Å²) in [5, 5.41) is 8.72. The molecule has 0 amide bonds. The second kappa shape index (κ2) is 4.63. The fourth-order valence-corrected chi connectivity index (χ4v) is 1.34. The number of carboxylic acids is 1. The fraction of sp³-hybridized carbons (Fsp3) is 0. The van der Waals surface area contributed by atoms with Gasteiger partial charge in [-0.2, -0.15) is 0 Å². The molecule has 1 rings (SSSR count). The summed E-state index contributed by atoms with van der Waals surface area (Å²) in [6, 6.07) is 7.20. The minimum absolute atomic E-state index is 0.202. The zero-order chi connectivity index (χ0) is 10.6. The number of hydrogen-bond acceptors (Lipinski definition) is 1. The molecule has 3 heteroatoms. The summed E-state index contributed by atoms with van der Waals surface area (Å²) in [7, 11) is 0. The van der Waals surface area contributed by atoms with E-state index in [9.17, 15) is 4.79 Å². The van der Waals surface area contributed by atoms with E-state index in [1.807, 2.05) is 12.1 Å². The predicted octanol–water partition coefficient (Wildman–Crippen LogP) is 2.99. The Morgan fingerprint density at radius 3 is 2.64 bits per heavy atom. The summed E-state index contributed by atoms with van der Waals surface area (Å²) >= 11 is 5.82. The maximum absolute atomic E-state index is 10.4. The first-order valence-electron chi connectivity index (χ1n) is 3.97. The monoisotopic (exact) mass is 208 g/mol. The highest BCUT2D eigenvalue weighted by Gasteiger charge is 2.03. The van der Waals surface area contributed by atoms with Crippen LogP contribution in [0.4, 0.5) is 0 Å². The number of carboxylic acid groups (broad SMARTS) is 1. The van der Waals surface area contributed by atoms with Gasteiger partial charge < -0.3 is 5.11 Å². The van der Waals surface area contributed by atoms with Crippen molar-refractivity contribution in [3.8, 4) is 0 Å². The van der Waals surface area contributed by atoms with E-state index in [0.717, 1.165) is 11.6 Å². The summed E-state index contributed by atoms with van der Waals surface area (Å²) in [5.41, 5.74) is 1.49. The molecule has 1 aromatic carbocycles. The van der Waals surface area contributed by atoms with Gasteiger partial charge in [0.2, 0.25) is 0 Å². The maximum Gasteiger partial charge on any atom is 0.329 e. The summed E-state index contributed by atoms with van der Waals surface area (Å²) in [5.74, 6) is -1.06. The molecule has 2 nitrogen and oxygen atoms in total. The molecule has 0 radical (unpaired) electrons. The molecule has 0 heterocycles. The van der Waals surface area contributed by atoms with E-state index >= 15 is 0 Å². The van der Waals surface area contributed by atoms with Crippen LogP contribution >= 0.6 is 11.6 Å². The van der Waals surface area contributed by atoms with Crippen LogP contribution in [0.1, 0.15) is 11.1 Å². The van der Waals surface area contributed by atoms with Crippen LogP contribution in [0, 0.1) is 0 Å². The quantitative estimate of drug-likeness (QED) is 0.776. The van der Waals surface area contributed by atoms with E-state index in [1.54, 1.807) is 18.2 Å². The lowest BCUT2D eigenvalue weighted by molar-refractivity contribution is -0.131. The highest BCUT2D eigenvalue weighted by molar-refractivity contribution is 6.50. The molecule has 0 saturated heterocycles. The van der Waals surface area contributed by atoms with Crippen molar-refractivity contribution in [3.63, 3.8) is 0 Å². The Morgan fingerprint density at radius 2 is 2.07 bits per heavy atom. The van der Waals surface area contributed by atoms with E-state index < -0.39 is 5.97 Å². The second-order valence-corrected chi connectivity index (χ2v) is 3.03. The Labute approximate surface area is 87.1 Å². The standard InChI is InChI=1S/C11H9ClO2/c1-2-8-5-3-4-6-9(8)10(12)7-11(13)14/h2-7H,1H2,(H,13,14)/b10-7-. The van der Waals surface area contributed by atoms with Gasteiger partial charge in [0.15, 0.2) is 0 Å². The number of rotatable bonds is 3. The zero-order valence-corrected chi connectivity index (χ0v) is 8.16. The Hall–Kier alpha value is -1.54. The Morgan fingerprint density at radius 1 is 1.43 bits per heavy atom. The van der Waals surface area contributed by atoms with E-state index in [4.69, 9.17) is 16.7 Å². The van der Waals surface area contributed by atoms with Crippen LogP contribution in [0.2, 0.25) is 0 Å². The molecular formula is C11H9ClO2. The van der Waals surface area contributed by atoms with Crippen LogP contribution in [0.15, 0.2) is 36.9 Å². The molecule has 0 unspecified atom stereocenters. The molecule has 0 aliphatic rings. The first-order valence-corrected chi connectivity index (χ1v) is 4.35. The van der Waals surface area contributed by atoms with Crippen molar-refractivity contribution in [1.29, 1.82) is 0 Å². The molecule has 1 aromatic rings. The van der Waals surface area contributed by atoms with Gasteiger partial charge in [0.05, 0.1) is 5.03 Å². The van der Waals surface area contributed by atoms with Gasteiger partial charge in [-0.15, -0.1) is 0 Å². The van der Waals surface area contributed by atoms with Crippen molar-refractivity contribution < 1.29 is 9.90 Å². The highest BCUT2D eigenvalue weighted by atomic mass is 35.5. The summed E-state index contributed by atoms with van der Waals surface area (Å²) in [4.78, 5) is 10.4. The Kier molecular flexibility index (Phi) is 3.48. The van der Waals surface area contributed by atoms with Crippen LogP contribution < -0.4 is 0 Å². The van der Waals surface area contributed by atoms with Crippen molar-refractivity contribution in [2.45, 2.75) is 0 Å². The van der Waals surface area contributed by atoms with E-state index in [0.29, 0.717) is 5.56 Å². The van der Waals surface area contributed by atoms with Crippen molar-refractivity contribution in [2.24, 2.45) is 0 Å². The van der Waals surface area contributed by atoms with Crippen LogP contribution in [-0.2, 0) is 4.79 Å². The van der Waals surface area contributed by atoms with Gasteiger partial charge in [-0.3, -0.25) is 0 Å². The zero-order valence-electron chi connectivity index (χ0n) is 7.40. The lowest BCUT2D eigenvalue weighted by Crippen LogP contribution is -1.90. The number of hydrogen-bond donors (Lipinski definition) is 1.